The molecule has 0 bridgehead atoms. The number of aromatic nitrogens is 1. The number of Topliss-reactive ketones (excluding diaryl/α,β-unsaturated/α-hetero) is 1. The van der Waals surface area contributed by atoms with E-state index >= 15 is 0 Å². The number of carbonyl (C=O) groups excluding carboxylic acids is 2. The van der Waals surface area contributed by atoms with Crippen LogP contribution in [0.15, 0.2) is 18.2 Å². The van der Waals surface area contributed by atoms with E-state index in [9.17, 15) is 9.59 Å². The smallest absolute Gasteiger partial charge is 0.253 e. The lowest BCUT2D eigenvalue weighted by atomic mass is 9.94. The number of nitrogens with one attached hydrogen (secondary N) is 2. The number of hydrogen-bond acceptors (Lipinski definition) is 3. The van der Waals surface area contributed by atoms with Crippen LogP contribution in [0.25, 0.3) is 10.9 Å². The molecular weight excluding hydrogens is 266 g/mol. The van der Waals surface area contributed by atoms with Crippen LogP contribution in [-0.2, 0) is 17.6 Å². The maximum absolute atomic E-state index is 12.3. The van der Waals surface area contributed by atoms with Crippen molar-refractivity contribution in [2.45, 2.75) is 25.7 Å². The molecule has 1 amide bonds. The molecule has 1 aromatic carbocycles. The molecule has 110 valence electrons. The molecule has 1 aliphatic rings. The van der Waals surface area contributed by atoms with Gasteiger partial charge in [0.1, 0.15) is 5.78 Å². The third kappa shape index (κ3) is 2.56. The van der Waals surface area contributed by atoms with Crippen molar-refractivity contribution in [3.63, 3.8) is 0 Å². The summed E-state index contributed by atoms with van der Waals surface area (Å²) in [5, 5.41) is 3.87. The molecule has 3 rings (SSSR count). The fourth-order valence-corrected chi connectivity index (χ4v) is 2.88. The fourth-order valence-electron chi connectivity index (χ4n) is 2.88. The Hall–Kier alpha value is -2.14. The first-order chi connectivity index (χ1) is 10.2. The number of nitrogens with two attached hydrogens (primary N) is 1. The summed E-state index contributed by atoms with van der Waals surface area (Å²) in [5.74, 6) is 0.167. The number of para-hydroxylation sites is 1. The molecule has 0 unspecified atom stereocenters. The van der Waals surface area contributed by atoms with Gasteiger partial charge in [-0.05, 0) is 31.0 Å². The molecule has 1 aliphatic carbocycles. The molecule has 0 spiro atoms. The molecule has 0 atom stereocenters. The Morgan fingerprint density at radius 3 is 3.00 bits per heavy atom. The largest absolute Gasteiger partial charge is 0.357 e. The van der Waals surface area contributed by atoms with Crippen molar-refractivity contribution >= 4 is 22.6 Å². The first-order valence-electron chi connectivity index (χ1n) is 7.33. The predicted molar refractivity (Wildman–Crippen MR) is 81.3 cm³/mol. The molecule has 1 aromatic heterocycles. The second-order valence-electron chi connectivity index (χ2n) is 5.42. The number of hydrogen-bond donors (Lipinski definition) is 3. The maximum atomic E-state index is 12.3. The minimum atomic E-state index is -0.0982. The molecule has 4 N–H and O–H groups in total. The summed E-state index contributed by atoms with van der Waals surface area (Å²) < 4.78 is 0. The highest BCUT2D eigenvalue weighted by Crippen LogP contribution is 2.29. The lowest BCUT2D eigenvalue weighted by Gasteiger charge is -2.09. The average Bonchev–Trinajstić information content (AvgIpc) is 2.85. The number of H-pyrrole nitrogens is 1. The van der Waals surface area contributed by atoms with Crippen molar-refractivity contribution in [2.24, 2.45) is 5.73 Å². The van der Waals surface area contributed by atoms with Crippen LogP contribution >= 0.6 is 0 Å². The zero-order valence-electron chi connectivity index (χ0n) is 11.9. The zero-order chi connectivity index (χ0) is 14.8. The monoisotopic (exact) mass is 285 g/mol. The summed E-state index contributed by atoms with van der Waals surface area (Å²) in [4.78, 5) is 27.3. The Labute approximate surface area is 122 Å². The molecule has 0 saturated carbocycles. The van der Waals surface area contributed by atoms with Crippen LogP contribution in [0.1, 0.15) is 34.5 Å². The number of aryl methyl sites for hydroxylation is 1. The molecular formula is C16H19N3O2. The standard InChI is InChI=1S/C16H19N3O2/c17-7-2-8-18-16(21)12-4-1-3-11-13-9-10(20)5-6-14(13)19-15(11)12/h1,3-4,19H,2,5-9,17H2,(H,18,21). The Balaban J connectivity index is 1.97. The van der Waals surface area contributed by atoms with Crippen molar-refractivity contribution in [3.05, 3.63) is 35.0 Å². The van der Waals surface area contributed by atoms with E-state index in [-0.39, 0.29) is 11.7 Å². The first-order valence-corrected chi connectivity index (χ1v) is 7.33. The van der Waals surface area contributed by atoms with Crippen LogP contribution < -0.4 is 11.1 Å². The highest BCUT2D eigenvalue weighted by atomic mass is 16.1. The van der Waals surface area contributed by atoms with Crippen LogP contribution in [0.5, 0.6) is 0 Å². The molecule has 1 heterocycles. The number of amides is 1. The van der Waals surface area contributed by atoms with Gasteiger partial charge in [-0.2, -0.15) is 0 Å². The van der Waals surface area contributed by atoms with Gasteiger partial charge >= 0.3 is 0 Å². The van der Waals surface area contributed by atoms with Gasteiger partial charge in [0.25, 0.3) is 5.91 Å². The van der Waals surface area contributed by atoms with E-state index in [1.807, 2.05) is 18.2 Å². The molecule has 0 fully saturated rings. The molecule has 2 aromatic rings. The molecule has 5 heteroatoms. The van der Waals surface area contributed by atoms with Crippen molar-refractivity contribution in [2.75, 3.05) is 13.1 Å². The van der Waals surface area contributed by atoms with Crippen molar-refractivity contribution in [3.8, 4) is 0 Å². The van der Waals surface area contributed by atoms with E-state index in [0.717, 1.165) is 35.0 Å². The number of fused-ring (bicyclic) bond motifs is 3. The lowest BCUT2D eigenvalue weighted by molar-refractivity contribution is -0.118. The van der Waals surface area contributed by atoms with Crippen LogP contribution in [0, 0.1) is 0 Å². The van der Waals surface area contributed by atoms with E-state index in [2.05, 4.69) is 10.3 Å². The molecule has 21 heavy (non-hydrogen) atoms. The first kappa shape index (κ1) is 13.8. The Morgan fingerprint density at radius 2 is 2.19 bits per heavy atom. The van der Waals surface area contributed by atoms with Gasteiger partial charge in [0.05, 0.1) is 11.1 Å². The number of rotatable bonds is 4. The fraction of sp³-hybridized carbons (Fsp3) is 0.375. The number of aromatic amines is 1. The Bertz CT molecular complexity index is 703. The van der Waals surface area contributed by atoms with Gasteiger partial charge in [-0.3, -0.25) is 9.59 Å². The highest BCUT2D eigenvalue weighted by molar-refractivity contribution is 6.07. The van der Waals surface area contributed by atoms with Gasteiger partial charge < -0.3 is 16.0 Å². The summed E-state index contributed by atoms with van der Waals surface area (Å²) in [6, 6.07) is 5.65. The molecule has 0 aliphatic heterocycles. The van der Waals surface area contributed by atoms with Gasteiger partial charge in [-0.25, -0.2) is 0 Å². The topological polar surface area (TPSA) is 88.0 Å². The summed E-state index contributed by atoms with van der Waals surface area (Å²) >= 11 is 0. The second-order valence-corrected chi connectivity index (χ2v) is 5.42. The predicted octanol–water partition coefficient (Wildman–Crippen LogP) is 1.30. The zero-order valence-corrected chi connectivity index (χ0v) is 11.9. The molecule has 0 radical (unpaired) electrons. The van der Waals surface area contributed by atoms with Gasteiger partial charge in [0.15, 0.2) is 0 Å². The number of benzene rings is 1. The van der Waals surface area contributed by atoms with Crippen molar-refractivity contribution in [1.29, 1.82) is 0 Å². The number of carbonyl (C=O) groups is 2. The second kappa shape index (κ2) is 5.69. The van der Waals surface area contributed by atoms with Gasteiger partial charge in [-0.1, -0.05) is 12.1 Å². The molecule has 0 saturated heterocycles. The maximum Gasteiger partial charge on any atom is 0.253 e. The van der Waals surface area contributed by atoms with E-state index in [1.165, 1.54) is 0 Å². The van der Waals surface area contributed by atoms with Crippen molar-refractivity contribution < 1.29 is 9.59 Å². The quantitative estimate of drug-likeness (QED) is 0.740. The van der Waals surface area contributed by atoms with Crippen LogP contribution in [0.2, 0.25) is 0 Å². The van der Waals surface area contributed by atoms with Crippen LogP contribution in [0.3, 0.4) is 0 Å². The van der Waals surface area contributed by atoms with Gasteiger partial charge in [-0.15, -0.1) is 0 Å². The van der Waals surface area contributed by atoms with Crippen LogP contribution in [-0.4, -0.2) is 29.8 Å². The van der Waals surface area contributed by atoms with E-state index in [0.29, 0.717) is 31.5 Å². The normalized spacial score (nSPS) is 14.2. The highest BCUT2D eigenvalue weighted by Gasteiger charge is 2.22. The summed E-state index contributed by atoms with van der Waals surface area (Å²) in [7, 11) is 0. The number of ketones is 1. The van der Waals surface area contributed by atoms with E-state index in [1.54, 1.807) is 0 Å². The average molecular weight is 285 g/mol. The third-order valence-corrected chi connectivity index (χ3v) is 3.97. The minimum Gasteiger partial charge on any atom is -0.357 e. The SMILES string of the molecule is NCCCNC(=O)c1cccc2c3c([nH]c12)CCC(=O)C3. The van der Waals surface area contributed by atoms with Gasteiger partial charge in [0.2, 0.25) is 0 Å². The van der Waals surface area contributed by atoms with E-state index < -0.39 is 0 Å². The van der Waals surface area contributed by atoms with Crippen molar-refractivity contribution in [1.82, 2.24) is 10.3 Å². The summed E-state index contributed by atoms with van der Waals surface area (Å²) in [6.45, 7) is 1.13. The van der Waals surface area contributed by atoms with Gasteiger partial charge in [0, 0.05) is 30.5 Å². The summed E-state index contributed by atoms with van der Waals surface area (Å²) in [6.07, 6.45) is 2.54. The minimum absolute atomic E-state index is 0.0982. The lowest BCUT2D eigenvalue weighted by Crippen LogP contribution is -2.26. The van der Waals surface area contributed by atoms with E-state index in [4.69, 9.17) is 5.73 Å². The Morgan fingerprint density at radius 1 is 1.33 bits per heavy atom. The summed E-state index contributed by atoms with van der Waals surface area (Å²) in [5.41, 5.74) is 9.04. The van der Waals surface area contributed by atoms with Crippen LogP contribution in [0.4, 0.5) is 0 Å². The Kier molecular flexibility index (Phi) is 3.75. The molecule has 5 nitrogen and oxygen atoms in total. The third-order valence-electron chi connectivity index (χ3n) is 3.97.